The molecule has 0 aliphatic carbocycles. The highest BCUT2D eigenvalue weighted by atomic mass is 79.9. The first-order valence-electron chi connectivity index (χ1n) is 10.6. The minimum Gasteiger partial charge on any atom is -0.293 e. The number of hydrogen-bond acceptors (Lipinski definition) is 6. The van der Waals surface area contributed by atoms with E-state index in [4.69, 9.17) is 0 Å². The van der Waals surface area contributed by atoms with E-state index in [-0.39, 0.29) is 17.2 Å². The lowest BCUT2D eigenvalue weighted by atomic mass is 10.1. The third-order valence-electron chi connectivity index (χ3n) is 5.85. The first kappa shape index (κ1) is 21.4. The van der Waals surface area contributed by atoms with Crippen LogP contribution in [0.15, 0.2) is 62.0 Å². The van der Waals surface area contributed by atoms with Gasteiger partial charge in [0, 0.05) is 10.0 Å². The molecule has 9 heteroatoms. The summed E-state index contributed by atoms with van der Waals surface area (Å²) in [5, 5.41) is 5.51. The molecule has 2 aliphatic rings. The van der Waals surface area contributed by atoms with E-state index in [1.54, 1.807) is 23.1 Å². The van der Waals surface area contributed by atoms with E-state index in [9.17, 15) is 9.59 Å². The molecule has 1 amide bonds. The van der Waals surface area contributed by atoms with Gasteiger partial charge >= 0.3 is 0 Å². The average molecular weight is 512 g/mol. The number of halogens is 1. The van der Waals surface area contributed by atoms with Gasteiger partial charge in [-0.25, -0.2) is 4.98 Å². The Morgan fingerprint density at radius 3 is 2.66 bits per heavy atom. The number of carbonyl (C=O) groups excluding carboxylic acids is 1. The molecule has 0 saturated carbocycles. The maximum Gasteiger partial charge on any atom is 0.282 e. The van der Waals surface area contributed by atoms with Gasteiger partial charge in [-0.3, -0.25) is 19.4 Å². The summed E-state index contributed by atoms with van der Waals surface area (Å²) in [5.74, 6) is -0.198. The number of anilines is 1. The van der Waals surface area contributed by atoms with Crippen molar-refractivity contribution in [3.05, 3.63) is 62.9 Å². The molecule has 2 aliphatic heterocycles. The summed E-state index contributed by atoms with van der Waals surface area (Å²) >= 11 is 4.84. The van der Waals surface area contributed by atoms with Crippen LogP contribution in [-0.4, -0.2) is 52.2 Å². The van der Waals surface area contributed by atoms with Gasteiger partial charge in [-0.2, -0.15) is 9.78 Å². The Hall–Kier alpha value is -2.49. The van der Waals surface area contributed by atoms with Gasteiger partial charge in [-0.1, -0.05) is 46.2 Å². The van der Waals surface area contributed by atoms with Crippen molar-refractivity contribution in [2.75, 3.05) is 30.9 Å². The predicted molar refractivity (Wildman–Crippen MR) is 132 cm³/mol. The van der Waals surface area contributed by atoms with Crippen LogP contribution in [-0.2, 0) is 4.79 Å². The number of piperidine rings is 1. The molecule has 0 bridgehead atoms. The minimum atomic E-state index is -0.286. The van der Waals surface area contributed by atoms with E-state index in [1.807, 2.05) is 30.5 Å². The van der Waals surface area contributed by atoms with Gasteiger partial charge < -0.3 is 0 Å². The zero-order valence-electron chi connectivity index (χ0n) is 17.6. The minimum absolute atomic E-state index is 0.198. The summed E-state index contributed by atoms with van der Waals surface area (Å²) in [7, 11) is 0. The molecule has 32 heavy (non-hydrogen) atoms. The Labute approximate surface area is 198 Å². The number of thioether (sulfide) groups is 1. The van der Waals surface area contributed by atoms with Crippen LogP contribution in [0.3, 0.4) is 0 Å². The summed E-state index contributed by atoms with van der Waals surface area (Å²) in [5.41, 5.74) is 2.12. The molecule has 1 saturated heterocycles. The molecule has 0 unspecified atom stereocenters. The number of aromatic nitrogens is 2. The van der Waals surface area contributed by atoms with Crippen molar-refractivity contribution in [1.82, 2.24) is 14.6 Å². The fraction of sp³-hybridized carbons (Fsp3) is 0.304. The number of benzene rings is 2. The van der Waals surface area contributed by atoms with Crippen LogP contribution in [0.4, 0.5) is 5.69 Å². The molecular weight excluding hydrogens is 490 g/mol. The predicted octanol–water partition coefficient (Wildman–Crippen LogP) is 3.92. The van der Waals surface area contributed by atoms with E-state index in [0.717, 1.165) is 36.1 Å². The van der Waals surface area contributed by atoms with E-state index in [1.165, 1.54) is 22.9 Å². The average Bonchev–Trinajstić information content (AvgIpc) is 3.06. The Balaban J connectivity index is 1.63. The third-order valence-corrected chi connectivity index (χ3v) is 6.97. The first-order valence-corrected chi connectivity index (χ1v) is 12.6. The van der Waals surface area contributed by atoms with Crippen molar-refractivity contribution in [2.24, 2.45) is 5.10 Å². The highest BCUT2D eigenvalue weighted by Crippen LogP contribution is 2.32. The molecule has 2 aromatic carbocycles. The second-order valence-corrected chi connectivity index (χ2v) is 9.59. The van der Waals surface area contributed by atoms with Crippen LogP contribution in [0.2, 0.25) is 0 Å². The van der Waals surface area contributed by atoms with Crippen LogP contribution < -0.4 is 10.5 Å². The highest BCUT2D eigenvalue weighted by Gasteiger charge is 2.36. The van der Waals surface area contributed by atoms with E-state index in [0.29, 0.717) is 28.3 Å². The van der Waals surface area contributed by atoms with Gasteiger partial charge in [0.05, 0.1) is 23.3 Å². The Morgan fingerprint density at radius 2 is 1.88 bits per heavy atom. The van der Waals surface area contributed by atoms with E-state index < -0.39 is 0 Å². The number of para-hydroxylation sites is 1. The Bertz CT molecular complexity index is 1300. The smallest absolute Gasteiger partial charge is 0.282 e. The van der Waals surface area contributed by atoms with Gasteiger partial charge in [0.25, 0.3) is 11.5 Å². The summed E-state index contributed by atoms with van der Waals surface area (Å²) in [6.45, 7) is 2.48. The van der Waals surface area contributed by atoms with Crippen molar-refractivity contribution >= 4 is 55.9 Å². The maximum atomic E-state index is 13.5. The molecular formula is C23H22BrN5O2S. The number of hydrogen-bond donors (Lipinski definition) is 0. The lowest BCUT2D eigenvalue weighted by Crippen LogP contribution is -2.43. The van der Waals surface area contributed by atoms with Crippen molar-refractivity contribution in [1.29, 1.82) is 0 Å². The molecule has 164 valence electrons. The zero-order valence-corrected chi connectivity index (χ0v) is 20.0. The molecule has 0 atom stereocenters. The standard InChI is InChI=1S/C23H22BrN5O2S/c1-32-23-25-18-8-4-3-7-16(18)21(30)29(23)26-20-17-13-15(24)9-10-19(17)28(22(20)31)14-27-11-5-2-6-12-27/h3-4,7-10,13H,2,5-6,11-12,14H2,1H3/b26-20-. The molecule has 1 aromatic heterocycles. The number of nitrogens with zero attached hydrogens (tertiary/aromatic N) is 5. The number of likely N-dealkylation sites (tertiary alicyclic amines) is 1. The SMILES string of the molecule is CSc1nc2ccccc2c(=O)n1/N=C1\C(=O)N(CN2CCCCC2)c2ccc(Br)cc21. The second-order valence-electron chi connectivity index (χ2n) is 7.90. The van der Waals surface area contributed by atoms with Crippen LogP contribution in [0.25, 0.3) is 10.9 Å². The largest absolute Gasteiger partial charge is 0.293 e. The van der Waals surface area contributed by atoms with Gasteiger partial charge in [0.2, 0.25) is 0 Å². The van der Waals surface area contributed by atoms with Crippen LogP contribution in [0.5, 0.6) is 0 Å². The number of rotatable bonds is 4. The monoisotopic (exact) mass is 511 g/mol. The fourth-order valence-electron chi connectivity index (χ4n) is 4.25. The van der Waals surface area contributed by atoms with Crippen molar-refractivity contribution < 1.29 is 4.79 Å². The van der Waals surface area contributed by atoms with Crippen molar-refractivity contribution in [3.63, 3.8) is 0 Å². The van der Waals surface area contributed by atoms with Crippen molar-refractivity contribution in [3.8, 4) is 0 Å². The summed E-state index contributed by atoms with van der Waals surface area (Å²) < 4.78 is 2.11. The molecule has 3 heterocycles. The topological polar surface area (TPSA) is 70.8 Å². The van der Waals surface area contributed by atoms with Gasteiger partial charge in [0.1, 0.15) is 0 Å². The summed E-state index contributed by atoms with van der Waals surface area (Å²) in [4.78, 5) is 35.4. The molecule has 5 rings (SSSR count). The number of carbonyl (C=O) groups is 1. The van der Waals surface area contributed by atoms with Gasteiger partial charge in [-0.15, -0.1) is 0 Å². The van der Waals surface area contributed by atoms with Crippen LogP contribution in [0, 0.1) is 0 Å². The van der Waals surface area contributed by atoms with Crippen LogP contribution >= 0.6 is 27.7 Å². The molecule has 7 nitrogen and oxygen atoms in total. The first-order chi connectivity index (χ1) is 15.6. The molecule has 0 radical (unpaired) electrons. The van der Waals surface area contributed by atoms with Gasteiger partial charge in [-0.05, 0) is 62.5 Å². The normalized spacial score (nSPS) is 18.0. The Morgan fingerprint density at radius 1 is 1.09 bits per heavy atom. The summed E-state index contributed by atoms with van der Waals surface area (Å²) in [6, 6.07) is 12.9. The maximum absolute atomic E-state index is 13.5. The molecule has 3 aromatic rings. The highest BCUT2D eigenvalue weighted by molar-refractivity contribution is 9.10. The van der Waals surface area contributed by atoms with Crippen LogP contribution in [0.1, 0.15) is 24.8 Å². The molecule has 0 N–H and O–H groups in total. The number of amides is 1. The van der Waals surface area contributed by atoms with Gasteiger partial charge in [0.15, 0.2) is 10.9 Å². The molecule has 0 spiro atoms. The lowest BCUT2D eigenvalue weighted by molar-refractivity contribution is -0.112. The quantitative estimate of drug-likeness (QED) is 0.392. The Kier molecular flexibility index (Phi) is 5.88. The van der Waals surface area contributed by atoms with Crippen molar-refractivity contribution in [2.45, 2.75) is 24.4 Å². The second kappa shape index (κ2) is 8.80. The number of fused-ring (bicyclic) bond motifs is 2. The van der Waals surface area contributed by atoms with E-state index in [2.05, 4.69) is 30.9 Å². The fourth-order valence-corrected chi connectivity index (χ4v) is 5.09. The summed E-state index contributed by atoms with van der Waals surface area (Å²) in [6.07, 6.45) is 5.36. The van der Waals surface area contributed by atoms with E-state index >= 15 is 0 Å². The lowest BCUT2D eigenvalue weighted by Gasteiger charge is -2.30. The third kappa shape index (κ3) is 3.78. The zero-order chi connectivity index (χ0) is 22.2. The molecule has 1 fully saturated rings.